The van der Waals surface area contributed by atoms with Crippen LogP contribution in [0.25, 0.3) is 0 Å². The Labute approximate surface area is 73.8 Å². The van der Waals surface area contributed by atoms with Crippen LogP contribution in [0.4, 0.5) is 0 Å². The van der Waals surface area contributed by atoms with Crippen molar-refractivity contribution in [1.29, 1.82) is 0 Å². The predicted octanol–water partition coefficient (Wildman–Crippen LogP) is 1.86. The van der Waals surface area contributed by atoms with Gasteiger partial charge in [-0.15, -0.1) is 0 Å². The summed E-state index contributed by atoms with van der Waals surface area (Å²) in [5.41, 5.74) is 2.32. The first-order chi connectivity index (χ1) is 5.79. The number of unbranched alkanes of at least 4 members (excludes halogenated alkanes) is 1. The second kappa shape index (κ2) is 4.31. The van der Waals surface area contributed by atoms with Gasteiger partial charge in [-0.3, -0.25) is 0 Å². The van der Waals surface area contributed by atoms with Gasteiger partial charge in [0.05, 0.1) is 6.61 Å². The molecule has 0 fully saturated rings. The van der Waals surface area contributed by atoms with E-state index in [1.54, 1.807) is 0 Å². The van der Waals surface area contributed by atoms with E-state index in [0.717, 1.165) is 12.1 Å². The van der Waals surface area contributed by atoms with Crippen LogP contribution < -0.4 is 0 Å². The van der Waals surface area contributed by atoms with Crippen molar-refractivity contribution < 1.29 is 5.11 Å². The molecule has 0 aromatic carbocycles. The Bertz CT molecular complexity index is 240. The van der Waals surface area contributed by atoms with E-state index >= 15 is 0 Å². The van der Waals surface area contributed by atoms with Gasteiger partial charge in [0.1, 0.15) is 0 Å². The number of hydrogen-bond acceptors (Lipinski definition) is 1. The van der Waals surface area contributed by atoms with Crippen molar-refractivity contribution >= 4 is 0 Å². The molecule has 2 heteroatoms. The van der Waals surface area contributed by atoms with Crippen LogP contribution in [-0.4, -0.2) is 9.67 Å². The van der Waals surface area contributed by atoms with Crippen LogP contribution in [-0.2, 0) is 20.1 Å². The Morgan fingerprint density at radius 3 is 2.50 bits per heavy atom. The molecule has 0 saturated carbocycles. The van der Waals surface area contributed by atoms with E-state index in [4.69, 9.17) is 5.11 Å². The summed E-state index contributed by atoms with van der Waals surface area (Å²) in [6.45, 7) is 2.33. The molecule has 0 aliphatic heterocycles. The molecule has 0 atom stereocenters. The average Bonchev–Trinajstić information content (AvgIpc) is 2.43. The molecule has 0 saturated heterocycles. The van der Waals surface area contributed by atoms with Gasteiger partial charge in [-0.1, -0.05) is 13.3 Å². The maximum Gasteiger partial charge on any atom is 0.0832 e. The highest BCUT2D eigenvalue weighted by molar-refractivity contribution is 5.15. The first kappa shape index (κ1) is 9.33. The monoisotopic (exact) mass is 167 g/mol. The summed E-state index contributed by atoms with van der Waals surface area (Å²) in [5, 5.41) is 8.94. The lowest BCUT2D eigenvalue weighted by atomic mass is 10.2. The van der Waals surface area contributed by atoms with Gasteiger partial charge in [0.25, 0.3) is 0 Å². The lowest BCUT2D eigenvalue weighted by Gasteiger charge is -2.04. The van der Waals surface area contributed by atoms with E-state index in [2.05, 4.69) is 17.6 Å². The van der Waals surface area contributed by atoms with Gasteiger partial charge in [0.2, 0.25) is 0 Å². The molecule has 2 nitrogen and oxygen atoms in total. The standard InChI is InChI=1S/C10H17NO/c1-3-4-5-9-6-7-10(8-12)11(9)2/h6-7,12H,3-5,8H2,1-2H3. The topological polar surface area (TPSA) is 25.2 Å². The molecule has 1 N–H and O–H groups in total. The number of aliphatic hydroxyl groups excluding tert-OH is 1. The Morgan fingerprint density at radius 1 is 1.33 bits per heavy atom. The third kappa shape index (κ3) is 1.89. The summed E-state index contributed by atoms with van der Waals surface area (Å²) in [7, 11) is 2.01. The van der Waals surface area contributed by atoms with Gasteiger partial charge in [-0.25, -0.2) is 0 Å². The smallest absolute Gasteiger partial charge is 0.0832 e. The fourth-order valence-corrected chi connectivity index (χ4v) is 1.37. The summed E-state index contributed by atoms with van der Waals surface area (Å²) >= 11 is 0. The highest BCUT2D eigenvalue weighted by Gasteiger charge is 2.01. The number of rotatable bonds is 4. The van der Waals surface area contributed by atoms with Crippen molar-refractivity contribution in [1.82, 2.24) is 4.57 Å². The van der Waals surface area contributed by atoms with E-state index < -0.39 is 0 Å². The van der Waals surface area contributed by atoms with E-state index in [1.165, 1.54) is 18.5 Å². The first-order valence-electron chi connectivity index (χ1n) is 4.54. The summed E-state index contributed by atoms with van der Waals surface area (Å²) < 4.78 is 2.08. The number of hydrogen-bond donors (Lipinski definition) is 1. The van der Waals surface area contributed by atoms with Gasteiger partial charge in [-0.2, -0.15) is 0 Å². The van der Waals surface area contributed by atoms with Crippen LogP contribution in [0.3, 0.4) is 0 Å². The molecule has 1 aromatic rings. The van der Waals surface area contributed by atoms with Gasteiger partial charge in [-0.05, 0) is 25.0 Å². The molecule has 0 aliphatic rings. The molecule has 0 radical (unpaired) electrons. The van der Waals surface area contributed by atoms with E-state index in [0.29, 0.717) is 0 Å². The Kier molecular flexibility index (Phi) is 3.35. The zero-order valence-electron chi connectivity index (χ0n) is 7.88. The van der Waals surface area contributed by atoms with Crippen molar-refractivity contribution in [3.63, 3.8) is 0 Å². The predicted molar refractivity (Wildman–Crippen MR) is 49.9 cm³/mol. The third-order valence-corrected chi connectivity index (χ3v) is 2.28. The molecular weight excluding hydrogens is 150 g/mol. The number of aliphatic hydroxyl groups is 1. The summed E-state index contributed by atoms with van der Waals surface area (Å²) in [6.07, 6.45) is 3.56. The molecule has 0 amide bonds. The van der Waals surface area contributed by atoms with E-state index in [-0.39, 0.29) is 6.61 Å². The fraction of sp³-hybridized carbons (Fsp3) is 0.600. The minimum Gasteiger partial charge on any atom is -0.390 e. The van der Waals surface area contributed by atoms with Crippen molar-refractivity contribution in [3.8, 4) is 0 Å². The van der Waals surface area contributed by atoms with Gasteiger partial charge in [0.15, 0.2) is 0 Å². The molecule has 0 aliphatic carbocycles. The first-order valence-corrected chi connectivity index (χ1v) is 4.54. The zero-order valence-corrected chi connectivity index (χ0v) is 7.88. The maximum atomic E-state index is 8.94. The quantitative estimate of drug-likeness (QED) is 0.727. The molecular formula is C10H17NO. The van der Waals surface area contributed by atoms with E-state index in [1.807, 2.05) is 13.1 Å². The lowest BCUT2D eigenvalue weighted by molar-refractivity contribution is 0.272. The second-order valence-electron chi connectivity index (χ2n) is 3.14. The fourth-order valence-electron chi connectivity index (χ4n) is 1.37. The second-order valence-corrected chi connectivity index (χ2v) is 3.14. The number of nitrogens with zero attached hydrogens (tertiary/aromatic N) is 1. The van der Waals surface area contributed by atoms with Crippen LogP contribution in [0.1, 0.15) is 31.2 Å². The Morgan fingerprint density at radius 2 is 2.00 bits per heavy atom. The van der Waals surface area contributed by atoms with Gasteiger partial charge in [0, 0.05) is 18.4 Å². The molecule has 0 bridgehead atoms. The molecule has 68 valence electrons. The van der Waals surface area contributed by atoms with Crippen LogP contribution >= 0.6 is 0 Å². The van der Waals surface area contributed by atoms with Crippen molar-refractivity contribution in [2.75, 3.05) is 0 Å². The molecule has 0 unspecified atom stereocenters. The minimum atomic E-state index is 0.141. The lowest BCUT2D eigenvalue weighted by Crippen LogP contribution is -2.00. The van der Waals surface area contributed by atoms with E-state index in [9.17, 15) is 0 Å². The van der Waals surface area contributed by atoms with Crippen LogP contribution in [0.2, 0.25) is 0 Å². The molecule has 0 spiro atoms. The largest absolute Gasteiger partial charge is 0.390 e. The molecule has 1 rings (SSSR count). The molecule has 12 heavy (non-hydrogen) atoms. The Hall–Kier alpha value is -0.760. The van der Waals surface area contributed by atoms with Crippen molar-refractivity contribution in [3.05, 3.63) is 23.5 Å². The maximum absolute atomic E-state index is 8.94. The van der Waals surface area contributed by atoms with Crippen LogP contribution in [0, 0.1) is 0 Å². The van der Waals surface area contributed by atoms with Crippen LogP contribution in [0.15, 0.2) is 12.1 Å². The number of aryl methyl sites for hydroxylation is 1. The third-order valence-electron chi connectivity index (χ3n) is 2.28. The van der Waals surface area contributed by atoms with Gasteiger partial charge < -0.3 is 9.67 Å². The van der Waals surface area contributed by atoms with Crippen molar-refractivity contribution in [2.24, 2.45) is 7.05 Å². The zero-order chi connectivity index (χ0) is 8.97. The molecule has 1 aromatic heterocycles. The highest BCUT2D eigenvalue weighted by Crippen LogP contribution is 2.09. The van der Waals surface area contributed by atoms with Crippen molar-refractivity contribution in [2.45, 2.75) is 32.8 Å². The summed E-state index contributed by atoms with van der Waals surface area (Å²) in [4.78, 5) is 0. The normalized spacial score (nSPS) is 10.6. The highest BCUT2D eigenvalue weighted by atomic mass is 16.3. The molecule has 1 heterocycles. The summed E-state index contributed by atoms with van der Waals surface area (Å²) in [6, 6.07) is 4.09. The average molecular weight is 167 g/mol. The van der Waals surface area contributed by atoms with Gasteiger partial charge >= 0.3 is 0 Å². The number of aromatic nitrogens is 1. The summed E-state index contributed by atoms with van der Waals surface area (Å²) in [5.74, 6) is 0. The minimum absolute atomic E-state index is 0.141. The SMILES string of the molecule is CCCCc1ccc(CO)n1C. The Balaban J connectivity index is 2.66. The van der Waals surface area contributed by atoms with Crippen LogP contribution in [0.5, 0.6) is 0 Å².